The van der Waals surface area contributed by atoms with Crippen LogP contribution < -0.4 is 16.0 Å². The second-order valence-corrected chi connectivity index (χ2v) is 6.79. The third kappa shape index (κ3) is 2.56. The summed E-state index contributed by atoms with van der Waals surface area (Å²) >= 11 is 0. The number of imidazole rings is 2. The van der Waals surface area contributed by atoms with Gasteiger partial charge in [0.25, 0.3) is 5.56 Å². The molecule has 3 aromatic heterocycles. The molecule has 0 unspecified atom stereocenters. The van der Waals surface area contributed by atoms with Gasteiger partial charge in [-0.15, -0.1) is 0 Å². The fraction of sp³-hybridized carbons (Fsp3) is 0.350. The first-order valence-electron chi connectivity index (χ1n) is 9.41. The Morgan fingerprint density at radius 2 is 1.82 bits per heavy atom. The summed E-state index contributed by atoms with van der Waals surface area (Å²) in [4.78, 5) is 30.2. The summed E-state index contributed by atoms with van der Waals surface area (Å²) < 4.78 is 12.0. The largest absolute Gasteiger partial charge is 0.494 e. The van der Waals surface area contributed by atoms with Crippen LogP contribution in [0.4, 0.5) is 0 Å². The highest BCUT2D eigenvalue weighted by Crippen LogP contribution is 2.22. The van der Waals surface area contributed by atoms with Crippen molar-refractivity contribution in [2.45, 2.75) is 33.7 Å². The highest BCUT2D eigenvalue weighted by atomic mass is 16.5. The molecule has 28 heavy (non-hydrogen) atoms. The Balaban J connectivity index is 2.01. The van der Waals surface area contributed by atoms with Gasteiger partial charge in [-0.1, -0.05) is 6.92 Å². The molecule has 146 valence electrons. The molecule has 4 aromatic rings. The summed E-state index contributed by atoms with van der Waals surface area (Å²) in [6.45, 7) is 6.83. The van der Waals surface area contributed by atoms with Crippen LogP contribution in [-0.2, 0) is 13.6 Å². The van der Waals surface area contributed by atoms with Crippen LogP contribution in [0.15, 0.2) is 40.1 Å². The molecule has 0 saturated carbocycles. The van der Waals surface area contributed by atoms with Crippen molar-refractivity contribution in [3.63, 3.8) is 0 Å². The van der Waals surface area contributed by atoms with Gasteiger partial charge in [-0.05, 0) is 44.5 Å². The van der Waals surface area contributed by atoms with Crippen LogP contribution in [0.1, 0.15) is 26.0 Å². The predicted molar refractivity (Wildman–Crippen MR) is 108 cm³/mol. The molecule has 0 amide bonds. The zero-order chi connectivity index (χ0) is 20.0. The zero-order valence-electron chi connectivity index (χ0n) is 16.5. The van der Waals surface area contributed by atoms with Crippen LogP contribution in [0.2, 0.25) is 0 Å². The lowest BCUT2D eigenvalue weighted by Crippen LogP contribution is -2.39. The van der Waals surface area contributed by atoms with Crippen LogP contribution in [0.3, 0.4) is 0 Å². The van der Waals surface area contributed by atoms with E-state index < -0.39 is 0 Å². The average Bonchev–Trinajstić information content (AvgIpc) is 3.19. The topological polar surface area (TPSA) is 75.5 Å². The maximum absolute atomic E-state index is 13.0. The Bertz CT molecular complexity index is 1290. The number of rotatable bonds is 5. The van der Waals surface area contributed by atoms with Crippen LogP contribution in [-0.4, -0.2) is 29.7 Å². The number of hydrogen-bond donors (Lipinski definition) is 0. The summed E-state index contributed by atoms with van der Waals surface area (Å²) in [7, 11) is 1.65. The molecule has 0 aliphatic carbocycles. The minimum absolute atomic E-state index is 0.309. The molecule has 3 heterocycles. The van der Waals surface area contributed by atoms with Crippen molar-refractivity contribution < 1.29 is 4.74 Å². The van der Waals surface area contributed by atoms with E-state index in [0.717, 1.165) is 17.1 Å². The average molecular weight is 381 g/mol. The molecular formula is C20H23N5O3. The zero-order valence-corrected chi connectivity index (χ0v) is 16.5. The SMILES string of the molecule is CCCn1c(=O)c2c(nc3n(-c4ccc(OCC)cc4)c(C)cn23)n(C)c1=O. The lowest BCUT2D eigenvalue weighted by Gasteiger charge is -2.08. The minimum atomic E-state index is -0.343. The quantitative estimate of drug-likeness (QED) is 0.531. The molecule has 4 rings (SSSR count). The van der Waals surface area contributed by atoms with E-state index >= 15 is 0 Å². The number of fused-ring (bicyclic) bond motifs is 3. The Morgan fingerprint density at radius 3 is 2.46 bits per heavy atom. The van der Waals surface area contributed by atoms with Crippen LogP contribution in [0.5, 0.6) is 5.75 Å². The first-order valence-corrected chi connectivity index (χ1v) is 9.41. The number of hydrogen-bond acceptors (Lipinski definition) is 4. The maximum atomic E-state index is 13.0. The highest BCUT2D eigenvalue weighted by molar-refractivity contribution is 5.76. The van der Waals surface area contributed by atoms with Gasteiger partial charge in [0.1, 0.15) is 5.75 Å². The molecule has 1 aromatic carbocycles. The van der Waals surface area contributed by atoms with Gasteiger partial charge in [-0.25, -0.2) is 4.79 Å². The summed E-state index contributed by atoms with van der Waals surface area (Å²) in [5.41, 5.74) is 1.99. The number of aromatic nitrogens is 5. The maximum Gasteiger partial charge on any atom is 0.332 e. The van der Waals surface area contributed by atoms with Crippen molar-refractivity contribution in [1.82, 2.24) is 23.1 Å². The normalized spacial score (nSPS) is 11.6. The monoisotopic (exact) mass is 381 g/mol. The number of aryl methyl sites for hydroxylation is 2. The fourth-order valence-corrected chi connectivity index (χ4v) is 3.61. The number of ether oxygens (including phenoxy) is 1. The van der Waals surface area contributed by atoms with Gasteiger partial charge in [0.15, 0.2) is 11.2 Å². The Morgan fingerprint density at radius 1 is 1.11 bits per heavy atom. The number of nitrogens with zero attached hydrogens (tertiary/aromatic N) is 5. The van der Waals surface area contributed by atoms with Crippen molar-refractivity contribution in [3.8, 4) is 11.4 Å². The summed E-state index contributed by atoms with van der Waals surface area (Å²) in [5.74, 6) is 1.39. The van der Waals surface area contributed by atoms with E-state index in [9.17, 15) is 9.59 Å². The molecule has 0 atom stereocenters. The standard InChI is InChI=1S/C20H23N5O3/c1-5-11-23-18(26)16-17(22(4)20(23)27)21-19-24(16)12-13(3)25(19)14-7-9-15(10-8-14)28-6-2/h7-10,12H,5-6,11H2,1-4H3. The van der Waals surface area contributed by atoms with Crippen molar-refractivity contribution in [2.24, 2.45) is 7.05 Å². The minimum Gasteiger partial charge on any atom is -0.494 e. The Hall–Kier alpha value is -3.29. The van der Waals surface area contributed by atoms with Gasteiger partial charge < -0.3 is 4.74 Å². The molecule has 0 spiro atoms. The summed E-state index contributed by atoms with van der Waals surface area (Å²) in [5, 5.41) is 0. The fourth-order valence-electron chi connectivity index (χ4n) is 3.61. The van der Waals surface area contributed by atoms with E-state index in [0.29, 0.717) is 36.5 Å². The molecule has 8 nitrogen and oxygen atoms in total. The first-order chi connectivity index (χ1) is 13.5. The summed E-state index contributed by atoms with van der Waals surface area (Å²) in [6.07, 6.45) is 2.58. The third-order valence-electron chi connectivity index (χ3n) is 4.88. The van der Waals surface area contributed by atoms with Crippen molar-refractivity contribution in [2.75, 3.05) is 6.61 Å². The van der Waals surface area contributed by atoms with Gasteiger partial charge in [-0.3, -0.25) is 22.9 Å². The van der Waals surface area contributed by atoms with Gasteiger partial charge in [-0.2, -0.15) is 4.98 Å². The van der Waals surface area contributed by atoms with Crippen LogP contribution >= 0.6 is 0 Å². The second-order valence-electron chi connectivity index (χ2n) is 6.79. The molecule has 0 saturated heterocycles. The lowest BCUT2D eigenvalue weighted by molar-refractivity contribution is 0.340. The van der Waals surface area contributed by atoms with E-state index in [1.165, 1.54) is 9.13 Å². The van der Waals surface area contributed by atoms with E-state index in [4.69, 9.17) is 4.74 Å². The van der Waals surface area contributed by atoms with Gasteiger partial charge in [0.05, 0.1) is 6.61 Å². The molecule has 0 aliphatic rings. The molecule has 0 bridgehead atoms. The number of benzene rings is 1. The van der Waals surface area contributed by atoms with Crippen LogP contribution in [0.25, 0.3) is 22.6 Å². The smallest absolute Gasteiger partial charge is 0.332 e. The van der Waals surface area contributed by atoms with E-state index in [-0.39, 0.29) is 11.2 Å². The summed E-state index contributed by atoms with van der Waals surface area (Å²) in [6, 6.07) is 7.71. The van der Waals surface area contributed by atoms with Gasteiger partial charge in [0.2, 0.25) is 5.78 Å². The molecular weight excluding hydrogens is 358 g/mol. The van der Waals surface area contributed by atoms with Crippen molar-refractivity contribution >= 4 is 16.9 Å². The first kappa shape index (κ1) is 18.1. The van der Waals surface area contributed by atoms with Crippen LogP contribution in [0, 0.1) is 6.92 Å². The van der Waals surface area contributed by atoms with Crippen molar-refractivity contribution in [1.29, 1.82) is 0 Å². The van der Waals surface area contributed by atoms with Gasteiger partial charge in [0, 0.05) is 31.2 Å². The molecule has 0 fully saturated rings. The predicted octanol–water partition coefficient (Wildman–Crippen LogP) is 2.26. The molecule has 0 N–H and O–H groups in total. The molecule has 0 aliphatic heterocycles. The van der Waals surface area contributed by atoms with E-state index in [1.54, 1.807) is 11.4 Å². The highest BCUT2D eigenvalue weighted by Gasteiger charge is 2.20. The molecule has 8 heteroatoms. The second kappa shape index (κ2) is 6.70. The Kier molecular flexibility index (Phi) is 4.33. The Labute approximate surface area is 161 Å². The van der Waals surface area contributed by atoms with E-state index in [2.05, 4.69) is 4.98 Å². The van der Waals surface area contributed by atoms with Crippen molar-refractivity contribution in [3.05, 3.63) is 57.0 Å². The van der Waals surface area contributed by atoms with Gasteiger partial charge >= 0.3 is 5.69 Å². The lowest BCUT2D eigenvalue weighted by atomic mass is 10.3. The van der Waals surface area contributed by atoms with E-state index in [1.807, 2.05) is 55.8 Å². The molecule has 0 radical (unpaired) electrons. The third-order valence-corrected chi connectivity index (χ3v) is 4.88.